The van der Waals surface area contributed by atoms with Crippen LogP contribution in [-0.2, 0) is 0 Å². The largest absolute Gasteiger partial charge is 0.389 e. The maximum Gasteiger partial charge on any atom is 0.0766 e. The summed E-state index contributed by atoms with van der Waals surface area (Å²) in [6.45, 7) is 8.32. The van der Waals surface area contributed by atoms with E-state index in [9.17, 15) is 5.11 Å². The average molecular weight is 227 g/mol. The predicted molar refractivity (Wildman–Crippen MR) is 69.6 cm³/mol. The van der Waals surface area contributed by atoms with Gasteiger partial charge in [-0.3, -0.25) is 0 Å². The quantitative estimate of drug-likeness (QED) is 0.731. The number of nitrogens with one attached hydrogen (secondary N) is 1. The van der Waals surface area contributed by atoms with Crippen LogP contribution in [0.5, 0.6) is 0 Å². The molecule has 0 spiro atoms. The number of hydrogen-bond donors (Lipinski definition) is 2. The van der Waals surface area contributed by atoms with Gasteiger partial charge in [-0.15, -0.1) is 0 Å². The van der Waals surface area contributed by atoms with Crippen LogP contribution in [0.2, 0.25) is 0 Å². The lowest BCUT2D eigenvalue weighted by atomic mass is 9.75. The lowest BCUT2D eigenvalue weighted by molar-refractivity contribution is 0.0289. The van der Waals surface area contributed by atoms with Gasteiger partial charge in [0.1, 0.15) is 0 Å². The van der Waals surface area contributed by atoms with Crippen molar-refractivity contribution in [3.8, 4) is 0 Å². The Balaban J connectivity index is 2.28. The average Bonchev–Trinajstić information content (AvgIpc) is 2.29. The van der Waals surface area contributed by atoms with Crippen LogP contribution >= 0.6 is 0 Å². The molecular formula is C14H29NO. The second-order valence-electron chi connectivity index (χ2n) is 5.91. The molecule has 1 saturated carbocycles. The molecule has 2 heteroatoms. The highest BCUT2D eigenvalue weighted by atomic mass is 16.3. The third kappa shape index (κ3) is 4.06. The zero-order valence-electron chi connectivity index (χ0n) is 11.3. The summed E-state index contributed by atoms with van der Waals surface area (Å²) >= 11 is 0. The Morgan fingerprint density at radius 2 is 1.69 bits per heavy atom. The molecule has 0 amide bonds. The first kappa shape index (κ1) is 14.0. The molecule has 0 aliphatic heterocycles. The smallest absolute Gasteiger partial charge is 0.0766 e. The fraction of sp³-hybridized carbons (Fsp3) is 1.00. The van der Waals surface area contributed by atoms with Crippen LogP contribution in [0.1, 0.15) is 65.7 Å². The molecule has 0 aromatic rings. The topological polar surface area (TPSA) is 32.3 Å². The maximum absolute atomic E-state index is 10.2. The normalized spacial score (nSPS) is 21.0. The van der Waals surface area contributed by atoms with E-state index in [1.165, 1.54) is 32.1 Å². The third-order valence-corrected chi connectivity index (χ3v) is 4.38. The zero-order valence-corrected chi connectivity index (χ0v) is 11.3. The van der Waals surface area contributed by atoms with Crippen LogP contribution in [0.25, 0.3) is 0 Å². The highest BCUT2D eigenvalue weighted by Gasteiger charge is 2.28. The molecule has 16 heavy (non-hydrogen) atoms. The minimum Gasteiger partial charge on any atom is -0.389 e. The Hall–Kier alpha value is -0.0800. The van der Waals surface area contributed by atoms with Crippen LogP contribution in [0.3, 0.4) is 0 Å². The fourth-order valence-electron chi connectivity index (χ4n) is 2.68. The van der Waals surface area contributed by atoms with Gasteiger partial charge in [-0.05, 0) is 31.1 Å². The number of rotatable bonds is 6. The fourth-order valence-corrected chi connectivity index (χ4v) is 2.68. The van der Waals surface area contributed by atoms with Crippen molar-refractivity contribution in [3.05, 3.63) is 0 Å². The van der Waals surface area contributed by atoms with E-state index in [1.54, 1.807) is 0 Å². The maximum atomic E-state index is 10.2. The minimum absolute atomic E-state index is 0.473. The van der Waals surface area contributed by atoms with Gasteiger partial charge in [0.25, 0.3) is 0 Å². The first-order valence-corrected chi connectivity index (χ1v) is 6.97. The Morgan fingerprint density at radius 3 is 2.19 bits per heavy atom. The zero-order chi connectivity index (χ0) is 12.1. The van der Waals surface area contributed by atoms with E-state index in [1.807, 2.05) is 0 Å². The van der Waals surface area contributed by atoms with Crippen molar-refractivity contribution in [2.45, 2.75) is 71.3 Å². The second-order valence-corrected chi connectivity index (χ2v) is 5.91. The number of hydrogen-bond acceptors (Lipinski definition) is 2. The van der Waals surface area contributed by atoms with E-state index >= 15 is 0 Å². The summed E-state index contributed by atoms with van der Waals surface area (Å²) in [5.41, 5.74) is -0.0222. The minimum atomic E-state index is -0.495. The van der Waals surface area contributed by atoms with Crippen LogP contribution in [0.15, 0.2) is 0 Å². The van der Waals surface area contributed by atoms with Gasteiger partial charge in [0.15, 0.2) is 0 Å². The van der Waals surface area contributed by atoms with E-state index < -0.39 is 5.60 Å². The lowest BCUT2D eigenvalue weighted by Crippen LogP contribution is -2.43. The Kier molecular flexibility index (Phi) is 5.26. The van der Waals surface area contributed by atoms with Gasteiger partial charge >= 0.3 is 0 Å². The number of aliphatic hydroxyl groups is 1. The van der Waals surface area contributed by atoms with Crippen molar-refractivity contribution in [2.24, 2.45) is 5.41 Å². The third-order valence-electron chi connectivity index (χ3n) is 4.38. The van der Waals surface area contributed by atoms with E-state index in [2.05, 4.69) is 26.1 Å². The summed E-state index contributed by atoms with van der Waals surface area (Å²) in [7, 11) is 0. The van der Waals surface area contributed by atoms with E-state index in [4.69, 9.17) is 0 Å². The Bertz CT molecular complexity index is 193. The summed E-state index contributed by atoms with van der Waals surface area (Å²) in [6, 6.07) is 0. The summed E-state index contributed by atoms with van der Waals surface area (Å²) < 4.78 is 0. The van der Waals surface area contributed by atoms with E-state index in [0.717, 1.165) is 25.9 Å². The highest BCUT2D eigenvalue weighted by Crippen LogP contribution is 2.35. The summed E-state index contributed by atoms with van der Waals surface area (Å²) in [5, 5.41) is 13.7. The lowest BCUT2D eigenvalue weighted by Gasteiger charge is -2.35. The molecule has 1 rings (SSSR count). The van der Waals surface area contributed by atoms with Gasteiger partial charge in [-0.25, -0.2) is 0 Å². The van der Waals surface area contributed by atoms with Gasteiger partial charge < -0.3 is 10.4 Å². The second kappa shape index (κ2) is 6.02. The molecule has 0 heterocycles. The molecule has 0 radical (unpaired) electrons. The first-order chi connectivity index (χ1) is 7.54. The van der Waals surface area contributed by atoms with Gasteiger partial charge in [-0.2, -0.15) is 0 Å². The van der Waals surface area contributed by atoms with E-state index in [0.29, 0.717) is 5.41 Å². The van der Waals surface area contributed by atoms with Gasteiger partial charge in [0.2, 0.25) is 0 Å². The van der Waals surface area contributed by atoms with E-state index in [-0.39, 0.29) is 0 Å². The van der Waals surface area contributed by atoms with Crippen LogP contribution in [0, 0.1) is 5.41 Å². The molecule has 2 N–H and O–H groups in total. The predicted octanol–water partition coefficient (Wildman–Crippen LogP) is 3.10. The molecule has 0 unspecified atom stereocenters. The van der Waals surface area contributed by atoms with Gasteiger partial charge in [0.05, 0.1) is 5.60 Å². The molecule has 0 bridgehead atoms. The summed E-state index contributed by atoms with van der Waals surface area (Å²) in [6.07, 6.45) is 8.53. The molecule has 1 aliphatic rings. The van der Waals surface area contributed by atoms with Crippen molar-refractivity contribution in [2.75, 3.05) is 13.1 Å². The monoisotopic (exact) mass is 227 g/mol. The Morgan fingerprint density at radius 1 is 1.12 bits per heavy atom. The SMILES string of the molecule is CCC(O)(CC)CNCC1(C)CCCCC1. The first-order valence-electron chi connectivity index (χ1n) is 6.97. The van der Waals surface area contributed by atoms with Crippen LogP contribution < -0.4 is 5.32 Å². The van der Waals surface area contributed by atoms with Crippen molar-refractivity contribution in [1.29, 1.82) is 0 Å². The van der Waals surface area contributed by atoms with Crippen LogP contribution in [-0.4, -0.2) is 23.8 Å². The van der Waals surface area contributed by atoms with Crippen LogP contribution in [0.4, 0.5) is 0 Å². The molecule has 1 fully saturated rings. The molecule has 0 aromatic heterocycles. The molecule has 2 nitrogen and oxygen atoms in total. The molecule has 0 atom stereocenters. The van der Waals surface area contributed by atoms with Crippen molar-refractivity contribution in [1.82, 2.24) is 5.32 Å². The Labute approximate surface area is 101 Å². The van der Waals surface area contributed by atoms with Crippen molar-refractivity contribution < 1.29 is 5.11 Å². The molecule has 1 aliphatic carbocycles. The summed E-state index contributed by atoms with van der Waals surface area (Å²) in [5.74, 6) is 0. The standard InChI is InChI=1S/C14H29NO/c1-4-14(16,5-2)12-15-11-13(3)9-7-6-8-10-13/h15-16H,4-12H2,1-3H3. The summed E-state index contributed by atoms with van der Waals surface area (Å²) in [4.78, 5) is 0. The molecule has 96 valence electrons. The molecule has 0 saturated heterocycles. The highest BCUT2D eigenvalue weighted by molar-refractivity contribution is 4.83. The molecular weight excluding hydrogens is 198 g/mol. The van der Waals surface area contributed by atoms with Crippen molar-refractivity contribution in [3.63, 3.8) is 0 Å². The molecule has 0 aromatic carbocycles. The van der Waals surface area contributed by atoms with Crippen molar-refractivity contribution >= 4 is 0 Å². The van der Waals surface area contributed by atoms with Gasteiger partial charge in [0, 0.05) is 13.1 Å². The van der Waals surface area contributed by atoms with Gasteiger partial charge in [-0.1, -0.05) is 40.0 Å².